The highest BCUT2D eigenvalue weighted by Gasteiger charge is 2.09. The normalized spacial score (nSPS) is 9.47. The number of carbonyl (C=O) groups excluding carboxylic acids is 2. The van der Waals surface area contributed by atoms with Crippen LogP contribution in [0.2, 0.25) is 0 Å². The highest BCUT2D eigenvalue weighted by molar-refractivity contribution is 5.97. The van der Waals surface area contributed by atoms with Crippen molar-refractivity contribution in [2.24, 2.45) is 0 Å². The second-order valence-electron chi connectivity index (χ2n) is 3.05. The Kier molecular flexibility index (Phi) is 3.79. The molecule has 80 valence electrons. The molecule has 1 aromatic heterocycles. The van der Waals surface area contributed by atoms with Gasteiger partial charge in [-0.3, -0.25) is 14.6 Å². The van der Waals surface area contributed by atoms with Gasteiger partial charge in [0.25, 0.3) is 5.91 Å². The smallest absolute Gasteiger partial charge is 0.253 e. The van der Waals surface area contributed by atoms with Crippen LogP contribution in [0.4, 0.5) is 0 Å². The standard InChI is InChI=1S/C10H13N3O2/c1-7-3-4-12-5-8(7)10(15)13-6-9(14)11-2/h3-5H,6H2,1-2H3,(H,11,14)(H,13,15). The van der Waals surface area contributed by atoms with Crippen LogP contribution in [0, 0.1) is 6.92 Å². The van der Waals surface area contributed by atoms with E-state index < -0.39 is 0 Å². The molecule has 0 aliphatic heterocycles. The number of hydrogen-bond donors (Lipinski definition) is 2. The lowest BCUT2D eigenvalue weighted by atomic mass is 10.1. The molecule has 15 heavy (non-hydrogen) atoms. The van der Waals surface area contributed by atoms with Gasteiger partial charge in [0.2, 0.25) is 5.91 Å². The van der Waals surface area contributed by atoms with Gasteiger partial charge in [-0.05, 0) is 18.6 Å². The molecule has 0 unspecified atom stereocenters. The number of likely N-dealkylation sites (N-methyl/N-ethyl adjacent to an activating group) is 1. The van der Waals surface area contributed by atoms with Gasteiger partial charge in [-0.15, -0.1) is 0 Å². The molecule has 2 N–H and O–H groups in total. The van der Waals surface area contributed by atoms with Crippen molar-refractivity contribution in [3.63, 3.8) is 0 Å². The summed E-state index contributed by atoms with van der Waals surface area (Å²) in [7, 11) is 1.52. The van der Waals surface area contributed by atoms with Crippen molar-refractivity contribution in [1.82, 2.24) is 15.6 Å². The number of rotatable bonds is 3. The van der Waals surface area contributed by atoms with E-state index in [-0.39, 0.29) is 18.4 Å². The first-order valence-electron chi connectivity index (χ1n) is 4.54. The van der Waals surface area contributed by atoms with Gasteiger partial charge in [0.15, 0.2) is 0 Å². The largest absolute Gasteiger partial charge is 0.358 e. The maximum Gasteiger partial charge on any atom is 0.253 e. The third kappa shape index (κ3) is 3.05. The van der Waals surface area contributed by atoms with Gasteiger partial charge in [0.05, 0.1) is 12.1 Å². The van der Waals surface area contributed by atoms with Crippen LogP contribution in [-0.2, 0) is 4.79 Å². The third-order valence-corrected chi connectivity index (χ3v) is 1.97. The van der Waals surface area contributed by atoms with Gasteiger partial charge in [0.1, 0.15) is 0 Å². The second-order valence-corrected chi connectivity index (χ2v) is 3.05. The molecule has 5 heteroatoms. The Morgan fingerprint density at radius 3 is 2.80 bits per heavy atom. The molecule has 0 saturated heterocycles. The number of carbonyl (C=O) groups is 2. The van der Waals surface area contributed by atoms with E-state index in [1.807, 2.05) is 6.92 Å². The third-order valence-electron chi connectivity index (χ3n) is 1.97. The first-order valence-corrected chi connectivity index (χ1v) is 4.54. The number of nitrogens with one attached hydrogen (secondary N) is 2. The van der Waals surface area contributed by atoms with Crippen LogP contribution in [0.15, 0.2) is 18.5 Å². The summed E-state index contributed by atoms with van der Waals surface area (Å²) in [4.78, 5) is 26.3. The minimum absolute atomic E-state index is 0.0241. The summed E-state index contributed by atoms with van der Waals surface area (Å²) in [5.41, 5.74) is 1.32. The monoisotopic (exact) mass is 207 g/mol. The zero-order valence-electron chi connectivity index (χ0n) is 8.70. The molecule has 0 aliphatic carbocycles. The van der Waals surface area contributed by atoms with Crippen LogP contribution >= 0.6 is 0 Å². The topological polar surface area (TPSA) is 71.1 Å². The molecule has 1 aromatic rings. The van der Waals surface area contributed by atoms with Crippen molar-refractivity contribution < 1.29 is 9.59 Å². The number of amides is 2. The van der Waals surface area contributed by atoms with E-state index in [0.717, 1.165) is 5.56 Å². The zero-order valence-corrected chi connectivity index (χ0v) is 8.70. The second kappa shape index (κ2) is 5.09. The molecular formula is C10H13N3O2. The van der Waals surface area contributed by atoms with Gasteiger partial charge in [0, 0.05) is 19.4 Å². The summed E-state index contributed by atoms with van der Waals surface area (Å²) in [6.07, 6.45) is 3.10. The molecule has 0 aromatic carbocycles. The van der Waals surface area contributed by atoms with Gasteiger partial charge in [-0.25, -0.2) is 0 Å². The molecule has 0 fully saturated rings. The van der Waals surface area contributed by atoms with Crippen LogP contribution in [-0.4, -0.2) is 30.4 Å². The average Bonchev–Trinajstić information content (AvgIpc) is 2.26. The fourth-order valence-corrected chi connectivity index (χ4v) is 1.05. The highest BCUT2D eigenvalue weighted by atomic mass is 16.2. The lowest BCUT2D eigenvalue weighted by Crippen LogP contribution is -2.35. The number of nitrogens with zero attached hydrogens (tertiary/aromatic N) is 1. The van der Waals surface area contributed by atoms with Crippen molar-refractivity contribution in [2.45, 2.75) is 6.92 Å². The molecule has 0 atom stereocenters. The lowest BCUT2D eigenvalue weighted by molar-refractivity contribution is -0.119. The summed E-state index contributed by atoms with van der Waals surface area (Å²) in [6.45, 7) is 1.79. The predicted molar refractivity (Wildman–Crippen MR) is 55.4 cm³/mol. The Hall–Kier alpha value is -1.91. The maximum atomic E-state index is 11.6. The van der Waals surface area contributed by atoms with Gasteiger partial charge >= 0.3 is 0 Å². The van der Waals surface area contributed by atoms with E-state index in [2.05, 4.69) is 15.6 Å². The molecular weight excluding hydrogens is 194 g/mol. The zero-order chi connectivity index (χ0) is 11.3. The van der Waals surface area contributed by atoms with Crippen molar-refractivity contribution in [2.75, 3.05) is 13.6 Å². The Morgan fingerprint density at radius 2 is 2.20 bits per heavy atom. The summed E-state index contributed by atoms with van der Waals surface area (Å²) in [5, 5.41) is 4.92. The van der Waals surface area contributed by atoms with Crippen molar-refractivity contribution in [1.29, 1.82) is 0 Å². The molecule has 0 radical (unpaired) electrons. The van der Waals surface area contributed by atoms with Crippen LogP contribution in [0.25, 0.3) is 0 Å². The van der Waals surface area contributed by atoms with Crippen LogP contribution in [0.1, 0.15) is 15.9 Å². The van der Waals surface area contributed by atoms with E-state index in [9.17, 15) is 9.59 Å². The first-order chi connectivity index (χ1) is 7.15. The molecule has 2 amide bonds. The predicted octanol–water partition coefficient (Wildman–Crippen LogP) is -0.134. The molecule has 1 heterocycles. The Labute approximate surface area is 87.9 Å². The van der Waals surface area contributed by atoms with Crippen molar-refractivity contribution in [3.05, 3.63) is 29.6 Å². The van der Waals surface area contributed by atoms with Gasteiger partial charge < -0.3 is 10.6 Å². The van der Waals surface area contributed by atoms with Gasteiger partial charge in [-0.1, -0.05) is 0 Å². The van der Waals surface area contributed by atoms with Crippen molar-refractivity contribution >= 4 is 11.8 Å². The van der Waals surface area contributed by atoms with Crippen molar-refractivity contribution in [3.8, 4) is 0 Å². The van der Waals surface area contributed by atoms with E-state index in [0.29, 0.717) is 5.56 Å². The summed E-state index contributed by atoms with van der Waals surface area (Å²) in [6, 6.07) is 1.74. The lowest BCUT2D eigenvalue weighted by Gasteiger charge is -2.05. The van der Waals surface area contributed by atoms with Crippen LogP contribution in [0.5, 0.6) is 0 Å². The SMILES string of the molecule is CNC(=O)CNC(=O)c1cnccc1C. The summed E-state index contributed by atoms with van der Waals surface area (Å²) < 4.78 is 0. The number of aromatic nitrogens is 1. The van der Waals surface area contributed by atoms with Crippen LogP contribution < -0.4 is 10.6 Å². The fourth-order valence-electron chi connectivity index (χ4n) is 1.05. The Bertz CT molecular complexity index is 377. The van der Waals surface area contributed by atoms with E-state index in [4.69, 9.17) is 0 Å². The minimum atomic E-state index is -0.288. The maximum absolute atomic E-state index is 11.6. The highest BCUT2D eigenvalue weighted by Crippen LogP contribution is 2.03. The number of aryl methyl sites for hydroxylation is 1. The molecule has 0 aliphatic rings. The van der Waals surface area contributed by atoms with Crippen LogP contribution in [0.3, 0.4) is 0 Å². The number of pyridine rings is 1. The average molecular weight is 207 g/mol. The Balaban J connectivity index is 2.62. The minimum Gasteiger partial charge on any atom is -0.358 e. The quantitative estimate of drug-likeness (QED) is 0.725. The number of hydrogen-bond acceptors (Lipinski definition) is 3. The Morgan fingerprint density at radius 1 is 1.47 bits per heavy atom. The molecule has 0 bridgehead atoms. The summed E-state index contributed by atoms with van der Waals surface area (Å²) >= 11 is 0. The molecule has 1 rings (SSSR count). The molecule has 0 saturated carbocycles. The van der Waals surface area contributed by atoms with E-state index >= 15 is 0 Å². The summed E-state index contributed by atoms with van der Waals surface area (Å²) in [5.74, 6) is -0.519. The molecule has 5 nitrogen and oxygen atoms in total. The fraction of sp³-hybridized carbons (Fsp3) is 0.300. The van der Waals surface area contributed by atoms with E-state index in [1.165, 1.54) is 13.2 Å². The molecule has 0 spiro atoms. The first kappa shape index (κ1) is 11.2. The van der Waals surface area contributed by atoms with E-state index in [1.54, 1.807) is 12.3 Å². The van der Waals surface area contributed by atoms with Gasteiger partial charge in [-0.2, -0.15) is 0 Å².